The SMILES string of the molecule is C=C(C#N)OOC(C)(C)C. The molecule has 0 aliphatic heterocycles. The molecule has 0 spiro atoms. The van der Waals surface area contributed by atoms with Crippen LogP contribution in [0.1, 0.15) is 20.8 Å². The molecule has 3 nitrogen and oxygen atoms in total. The van der Waals surface area contributed by atoms with Crippen LogP contribution >= 0.6 is 0 Å². The molecule has 0 aliphatic carbocycles. The quantitative estimate of drug-likeness (QED) is 0.255. The molecule has 0 aromatic heterocycles. The first-order valence-electron chi connectivity index (χ1n) is 2.90. The Morgan fingerprint density at radius 2 is 2.00 bits per heavy atom. The summed E-state index contributed by atoms with van der Waals surface area (Å²) in [6, 6.07) is 1.70. The molecule has 0 amide bonds. The second-order valence-electron chi connectivity index (χ2n) is 2.81. The molecule has 0 N–H and O–H groups in total. The van der Waals surface area contributed by atoms with Gasteiger partial charge in [0.05, 0.1) is 0 Å². The average Bonchev–Trinajstić information content (AvgIpc) is 1.81. The average molecular weight is 141 g/mol. The molecular formula is C7H11NO2. The van der Waals surface area contributed by atoms with Gasteiger partial charge in [-0.1, -0.05) is 0 Å². The molecule has 0 saturated heterocycles. The smallest absolute Gasteiger partial charge is 0.234 e. The predicted molar refractivity (Wildman–Crippen MR) is 36.7 cm³/mol. The molecule has 0 bridgehead atoms. The standard InChI is InChI=1S/C7H11NO2/c1-6(5-8)9-10-7(2,3)4/h1H2,2-4H3. The molecule has 0 aromatic rings. The largest absolute Gasteiger partial charge is 0.326 e. The molecule has 0 atom stereocenters. The minimum atomic E-state index is -0.403. The van der Waals surface area contributed by atoms with Crippen LogP contribution in [-0.2, 0) is 9.78 Å². The summed E-state index contributed by atoms with van der Waals surface area (Å²) in [5, 5.41) is 8.18. The zero-order chi connectivity index (χ0) is 8.20. The normalized spacial score (nSPS) is 10.2. The summed E-state index contributed by atoms with van der Waals surface area (Å²) in [4.78, 5) is 9.26. The maximum Gasteiger partial charge on any atom is 0.234 e. The van der Waals surface area contributed by atoms with Crippen molar-refractivity contribution in [1.82, 2.24) is 0 Å². The van der Waals surface area contributed by atoms with Crippen LogP contribution in [0.25, 0.3) is 0 Å². The summed E-state index contributed by atoms with van der Waals surface area (Å²) in [7, 11) is 0. The van der Waals surface area contributed by atoms with Crippen LogP contribution in [-0.4, -0.2) is 5.60 Å². The fourth-order valence-electron chi connectivity index (χ4n) is 0.194. The summed E-state index contributed by atoms with van der Waals surface area (Å²) in [5.41, 5.74) is -0.403. The van der Waals surface area contributed by atoms with Gasteiger partial charge in [0, 0.05) is 0 Å². The lowest BCUT2D eigenvalue weighted by Crippen LogP contribution is -2.18. The summed E-state index contributed by atoms with van der Waals surface area (Å²) in [6.07, 6.45) is 0. The molecule has 0 heterocycles. The molecule has 0 saturated carbocycles. The fraction of sp³-hybridized carbons (Fsp3) is 0.571. The number of hydrogen-bond donors (Lipinski definition) is 0. The minimum absolute atomic E-state index is 0.0325. The van der Waals surface area contributed by atoms with Crippen LogP contribution < -0.4 is 0 Å². The molecule has 0 unspecified atom stereocenters. The van der Waals surface area contributed by atoms with Crippen LogP contribution in [0.2, 0.25) is 0 Å². The zero-order valence-electron chi connectivity index (χ0n) is 6.47. The van der Waals surface area contributed by atoms with Crippen molar-refractivity contribution in [2.24, 2.45) is 0 Å². The third-order valence-electron chi connectivity index (χ3n) is 0.517. The fourth-order valence-corrected chi connectivity index (χ4v) is 0.194. The number of allylic oxidation sites excluding steroid dienone is 1. The summed E-state index contributed by atoms with van der Waals surface area (Å²) < 4.78 is 0. The number of hydrogen-bond acceptors (Lipinski definition) is 3. The van der Waals surface area contributed by atoms with Crippen LogP contribution in [0.3, 0.4) is 0 Å². The van der Waals surface area contributed by atoms with E-state index in [-0.39, 0.29) is 5.76 Å². The third kappa shape index (κ3) is 5.13. The van der Waals surface area contributed by atoms with E-state index < -0.39 is 5.60 Å². The Morgan fingerprint density at radius 3 is 2.30 bits per heavy atom. The maximum atomic E-state index is 8.18. The number of rotatable bonds is 2. The van der Waals surface area contributed by atoms with Gasteiger partial charge >= 0.3 is 0 Å². The number of nitrogens with zero attached hydrogens (tertiary/aromatic N) is 1. The van der Waals surface area contributed by atoms with E-state index in [9.17, 15) is 0 Å². The Balaban J connectivity index is 3.58. The molecule has 10 heavy (non-hydrogen) atoms. The van der Waals surface area contributed by atoms with Crippen molar-refractivity contribution < 1.29 is 9.78 Å². The molecule has 0 rings (SSSR count). The van der Waals surface area contributed by atoms with Crippen molar-refractivity contribution in [2.45, 2.75) is 26.4 Å². The summed E-state index contributed by atoms with van der Waals surface area (Å²) >= 11 is 0. The zero-order valence-corrected chi connectivity index (χ0v) is 6.47. The van der Waals surface area contributed by atoms with Crippen molar-refractivity contribution in [3.8, 4) is 6.07 Å². The van der Waals surface area contributed by atoms with Crippen molar-refractivity contribution in [3.63, 3.8) is 0 Å². The van der Waals surface area contributed by atoms with E-state index in [4.69, 9.17) is 10.1 Å². The van der Waals surface area contributed by atoms with Crippen LogP contribution in [0.15, 0.2) is 12.3 Å². The van der Waals surface area contributed by atoms with Gasteiger partial charge in [-0.25, -0.2) is 0 Å². The second kappa shape index (κ2) is 3.23. The van der Waals surface area contributed by atoms with E-state index >= 15 is 0 Å². The van der Waals surface area contributed by atoms with Crippen LogP contribution in [0.4, 0.5) is 0 Å². The minimum Gasteiger partial charge on any atom is -0.326 e. The van der Waals surface area contributed by atoms with E-state index in [0.29, 0.717) is 0 Å². The van der Waals surface area contributed by atoms with Crippen molar-refractivity contribution in [2.75, 3.05) is 0 Å². The van der Waals surface area contributed by atoms with E-state index in [1.807, 2.05) is 20.8 Å². The Hall–Kier alpha value is -1.01. The first-order valence-corrected chi connectivity index (χ1v) is 2.90. The van der Waals surface area contributed by atoms with Crippen LogP contribution in [0.5, 0.6) is 0 Å². The van der Waals surface area contributed by atoms with Crippen LogP contribution in [0, 0.1) is 11.3 Å². The van der Waals surface area contributed by atoms with E-state index in [0.717, 1.165) is 0 Å². The predicted octanol–water partition coefficient (Wildman–Crippen LogP) is 1.77. The second-order valence-corrected chi connectivity index (χ2v) is 2.81. The van der Waals surface area contributed by atoms with Gasteiger partial charge in [-0.3, -0.25) is 0 Å². The highest BCUT2D eigenvalue weighted by Gasteiger charge is 2.12. The Kier molecular flexibility index (Phi) is 2.91. The van der Waals surface area contributed by atoms with E-state index in [1.165, 1.54) is 0 Å². The van der Waals surface area contributed by atoms with Gasteiger partial charge in [-0.05, 0) is 27.4 Å². The van der Waals surface area contributed by atoms with Gasteiger partial charge < -0.3 is 4.89 Å². The molecule has 56 valence electrons. The Labute approximate surface area is 60.8 Å². The summed E-state index contributed by atoms with van der Waals surface area (Å²) in [5.74, 6) is -0.0325. The first-order chi connectivity index (χ1) is 4.45. The van der Waals surface area contributed by atoms with Crippen molar-refractivity contribution in [3.05, 3.63) is 12.3 Å². The lowest BCUT2D eigenvalue weighted by molar-refractivity contribution is -0.317. The third-order valence-corrected chi connectivity index (χ3v) is 0.517. The lowest BCUT2D eigenvalue weighted by Gasteiger charge is -2.16. The van der Waals surface area contributed by atoms with Gasteiger partial charge in [-0.15, -0.1) is 0 Å². The van der Waals surface area contributed by atoms with Crippen molar-refractivity contribution in [1.29, 1.82) is 5.26 Å². The maximum absolute atomic E-state index is 8.18. The monoisotopic (exact) mass is 141 g/mol. The van der Waals surface area contributed by atoms with Gasteiger partial charge in [0.1, 0.15) is 11.7 Å². The summed E-state index contributed by atoms with van der Waals surface area (Å²) in [6.45, 7) is 8.72. The number of nitriles is 1. The lowest BCUT2D eigenvalue weighted by atomic mass is 10.2. The first kappa shape index (κ1) is 8.99. The molecule has 0 fully saturated rings. The highest BCUT2D eigenvalue weighted by atomic mass is 17.2. The van der Waals surface area contributed by atoms with E-state index in [1.54, 1.807) is 6.07 Å². The van der Waals surface area contributed by atoms with Crippen molar-refractivity contribution >= 4 is 0 Å². The van der Waals surface area contributed by atoms with Gasteiger partial charge in [0.25, 0.3) is 0 Å². The topological polar surface area (TPSA) is 42.2 Å². The van der Waals surface area contributed by atoms with E-state index in [2.05, 4.69) is 11.5 Å². The molecule has 0 radical (unpaired) electrons. The highest BCUT2D eigenvalue weighted by Crippen LogP contribution is 2.08. The van der Waals surface area contributed by atoms with Gasteiger partial charge in [0.15, 0.2) is 0 Å². The highest BCUT2D eigenvalue weighted by molar-refractivity contribution is 5.05. The van der Waals surface area contributed by atoms with Gasteiger partial charge in [0.2, 0.25) is 5.76 Å². The molecule has 3 heteroatoms. The van der Waals surface area contributed by atoms with Gasteiger partial charge in [-0.2, -0.15) is 10.1 Å². The Bertz CT molecular complexity index is 161. The molecule has 0 aromatic carbocycles. The Morgan fingerprint density at radius 1 is 1.50 bits per heavy atom. The molecular weight excluding hydrogens is 130 g/mol. The molecule has 0 aliphatic rings.